The first kappa shape index (κ1) is 14.3. The highest BCUT2D eigenvalue weighted by Gasteiger charge is 2.34. The predicted molar refractivity (Wildman–Crippen MR) is 66.2 cm³/mol. The van der Waals surface area contributed by atoms with Crippen LogP contribution in [0.3, 0.4) is 0 Å². The molecule has 2 unspecified atom stereocenters. The Morgan fingerprint density at radius 1 is 1.18 bits per heavy atom. The molecular weight excluding hydrogens is 218 g/mol. The molecule has 0 bridgehead atoms. The molecular formula is C12H23N3O2. The molecule has 0 aliphatic heterocycles. The van der Waals surface area contributed by atoms with Gasteiger partial charge in [-0.1, -0.05) is 12.8 Å². The van der Waals surface area contributed by atoms with E-state index in [1.54, 1.807) is 0 Å². The van der Waals surface area contributed by atoms with Crippen molar-refractivity contribution in [3.05, 3.63) is 0 Å². The number of hydrogen-bond donors (Lipinski definition) is 3. The second kappa shape index (κ2) is 6.83. The quantitative estimate of drug-likeness (QED) is 0.399. The summed E-state index contributed by atoms with van der Waals surface area (Å²) in [5.41, 5.74) is 16.8. The zero-order valence-electron chi connectivity index (χ0n) is 10.2. The van der Waals surface area contributed by atoms with Crippen LogP contribution in [0.2, 0.25) is 0 Å². The van der Waals surface area contributed by atoms with Gasteiger partial charge in [-0.3, -0.25) is 9.59 Å². The summed E-state index contributed by atoms with van der Waals surface area (Å²) in [6.45, 7) is 0.591. The van der Waals surface area contributed by atoms with Crippen molar-refractivity contribution in [1.82, 2.24) is 0 Å². The summed E-state index contributed by atoms with van der Waals surface area (Å²) < 4.78 is 0. The van der Waals surface area contributed by atoms with Crippen LogP contribution >= 0.6 is 0 Å². The minimum absolute atomic E-state index is 0.00908. The largest absolute Gasteiger partial charge is 0.330 e. The highest BCUT2D eigenvalue weighted by atomic mass is 16.2. The fraction of sp³-hybridized carbons (Fsp3) is 0.833. The molecule has 1 aliphatic carbocycles. The molecule has 1 fully saturated rings. The van der Waals surface area contributed by atoms with Gasteiger partial charge in [-0.15, -0.1) is 0 Å². The van der Waals surface area contributed by atoms with Crippen LogP contribution in [0.25, 0.3) is 0 Å². The van der Waals surface area contributed by atoms with Crippen molar-refractivity contribution in [2.24, 2.45) is 23.1 Å². The van der Waals surface area contributed by atoms with Crippen LogP contribution in [0, 0.1) is 5.92 Å². The third-order valence-corrected chi connectivity index (χ3v) is 3.46. The van der Waals surface area contributed by atoms with Gasteiger partial charge >= 0.3 is 0 Å². The maximum Gasteiger partial charge on any atom is 0.173 e. The Morgan fingerprint density at radius 2 is 1.82 bits per heavy atom. The fourth-order valence-corrected chi connectivity index (χ4v) is 1.97. The molecule has 1 saturated carbocycles. The van der Waals surface area contributed by atoms with Crippen LogP contribution in [0.5, 0.6) is 0 Å². The van der Waals surface area contributed by atoms with Crippen molar-refractivity contribution < 1.29 is 9.59 Å². The van der Waals surface area contributed by atoms with Crippen molar-refractivity contribution in [1.29, 1.82) is 0 Å². The first-order valence-electron chi connectivity index (χ1n) is 6.36. The number of unbranched alkanes of at least 4 members (excludes halogenated alkanes) is 1. The molecule has 5 nitrogen and oxygen atoms in total. The van der Waals surface area contributed by atoms with Gasteiger partial charge in [0.1, 0.15) is 6.04 Å². The van der Waals surface area contributed by atoms with E-state index in [1.807, 2.05) is 0 Å². The Kier molecular flexibility index (Phi) is 5.74. The van der Waals surface area contributed by atoms with Gasteiger partial charge in [-0.25, -0.2) is 0 Å². The molecule has 2 atom stereocenters. The van der Waals surface area contributed by atoms with E-state index in [1.165, 1.54) is 0 Å². The second-order valence-electron chi connectivity index (χ2n) is 4.80. The maximum atomic E-state index is 11.8. The van der Waals surface area contributed by atoms with E-state index in [-0.39, 0.29) is 17.5 Å². The first-order valence-corrected chi connectivity index (χ1v) is 6.36. The number of carbonyl (C=O) groups excluding carboxylic acids is 2. The Labute approximate surface area is 102 Å². The van der Waals surface area contributed by atoms with Gasteiger partial charge < -0.3 is 17.2 Å². The molecule has 5 heteroatoms. The second-order valence-corrected chi connectivity index (χ2v) is 4.80. The minimum atomic E-state index is -1.02. The molecule has 17 heavy (non-hydrogen) atoms. The lowest BCUT2D eigenvalue weighted by Gasteiger charge is -2.27. The van der Waals surface area contributed by atoms with Crippen LogP contribution in [-0.4, -0.2) is 30.2 Å². The van der Waals surface area contributed by atoms with E-state index in [0.717, 1.165) is 32.1 Å². The van der Waals surface area contributed by atoms with Crippen molar-refractivity contribution in [3.8, 4) is 0 Å². The van der Waals surface area contributed by atoms with Crippen molar-refractivity contribution >= 4 is 11.6 Å². The summed E-state index contributed by atoms with van der Waals surface area (Å²) in [7, 11) is 0. The van der Waals surface area contributed by atoms with Gasteiger partial charge in [0.05, 0.1) is 6.04 Å². The van der Waals surface area contributed by atoms with Gasteiger partial charge in [0, 0.05) is 5.92 Å². The summed E-state index contributed by atoms with van der Waals surface area (Å²) in [5.74, 6) is -0.459. The normalized spacial score (nSPS) is 19.5. The molecule has 1 rings (SSSR count). The highest BCUT2D eigenvalue weighted by molar-refractivity contribution is 6.09. The molecule has 0 aromatic rings. The molecule has 6 N–H and O–H groups in total. The SMILES string of the molecule is NCCCCC(N)C(=O)C(N)C(=O)C1CCC1. The minimum Gasteiger partial charge on any atom is -0.330 e. The molecule has 0 aromatic carbocycles. The lowest BCUT2D eigenvalue weighted by molar-refractivity contribution is -0.133. The van der Waals surface area contributed by atoms with Crippen LogP contribution in [-0.2, 0) is 9.59 Å². The van der Waals surface area contributed by atoms with Gasteiger partial charge in [0.25, 0.3) is 0 Å². The number of nitrogens with two attached hydrogens (primary N) is 3. The Morgan fingerprint density at radius 3 is 2.29 bits per heavy atom. The topological polar surface area (TPSA) is 112 Å². The average molecular weight is 241 g/mol. The van der Waals surface area contributed by atoms with Crippen molar-refractivity contribution in [2.45, 2.75) is 50.6 Å². The fourth-order valence-electron chi connectivity index (χ4n) is 1.97. The smallest absolute Gasteiger partial charge is 0.173 e. The van der Waals surface area contributed by atoms with E-state index in [9.17, 15) is 9.59 Å². The first-order chi connectivity index (χ1) is 8.07. The zero-order chi connectivity index (χ0) is 12.8. The number of ketones is 2. The zero-order valence-corrected chi connectivity index (χ0v) is 10.2. The third kappa shape index (κ3) is 3.87. The van der Waals surface area contributed by atoms with Crippen LogP contribution in [0.1, 0.15) is 38.5 Å². The van der Waals surface area contributed by atoms with Crippen molar-refractivity contribution in [2.75, 3.05) is 6.54 Å². The summed E-state index contributed by atoms with van der Waals surface area (Å²) in [5, 5.41) is 0. The number of Topliss-reactive ketones (excluding diaryl/α,β-unsaturated/α-hetero) is 2. The molecule has 0 aromatic heterocycles. The summed E-state index contributed by atoms with van der Waals surface area (Å²) in [4.78, 5) is 23.6. The van der Waals surface area contributed by atoms with E-state index in [4.69, 9.17) is 17.2 Å². The molecule has 0 heterocycles. The average Bonchev–Trinajstić information content (AvgIpc) is 2.24. The van der Waals surface area contributed by atoms with E-state index in [0.29, 0.717) is 13.0 Å². The number of hydrogen-bond acceptors (Lipinski definition) is 5. The van der Waals surface area contributed by atoms with Crippen LogP contribution < -0.4 is 17.2 Å². The van der Waals surface area contributed by atoms with Crippen LogP contribution in [0.4, 0.5) is 0 Å². The molecule has 0 spiro atoms. The number of rotatable bonds is 8. The molecule has 1 aliphatic rings. The molecule has 0 radical (unpaired) electrons. The van der Waals surface area contributed by atoms with Gasteiger partial charge in [-0.2, -0.15) is 0 Å². The maximum absolute atomic E-state index is 11.8. The van der Waals surface area contributed by atoms with Gasteiger partial charge in [-0.05, 0) is 32.2 Å². The number of carbonyl (C=O) groups is 2. The van der Waals surface area contributed by atoms with E-state index < -0.39 is 12.1 Å². The molecule has 98 valence electrons. The molecule has 0 saturated heterocycles. The van der Waals surface area contributed by atoms with Gasteiger partial charge in [0.15, 0.2) is 11.6 Å². The summed E-state index contributed by atoms with van der Waals surface area (Å²) >= 11 is 0. The van der Waals surface area contributed by atoms with Gasteiger partial charge in [0.2, 0.25) is 0 Å². The van der Waals surface area contributed by atoms with Crippen molar-refractivity contribution in [3.63, 3.8) is 0 Å². The lowest BCUT2D eigenvalue weighted by atomic mass is 9.78. The third-order valence-electron chi connectivity index (χ3n) is 3.46. The Balaban J connectivity index is 2.36. The van der Waals surface area contributed by atoms with E-state index >= 15 is 0 Å². The summed E-state index contributed by atoms with van der Waals surface area (Å²) in [6, 6.07) is -1.64. The Hall–Kier alpha value is -0.780. The Bertz CT molecular complexity index is 277. The monoisotopic (exact) mass is 241 g/mol. The standard InChI is InChI=1S/C12H23N3O2/c13-7-2-1-6-9(14)12(17)10(15)11(16)8-4-3-5-8/h8-10H,1-7,13-15H2. The lowest BCUT2D eigenvalue weighted by Crippen LogP contribution is -2.50. The van der Waals surface area contributed by atoms with Crippen LogP contribution in [0.15, 0.2) is 0 Å². The summed E-state index contributed by atoms with van der Waals surface area (Å²) in [6.07, 6.45) is 4.98. The highest BCUT2D eigenvalue weighted by Crippen LogP contribution is 2.28. The molecule has 0 amide bonds. The van der Waals surface area contributed by atoms with E-state index in [2.05, 4.69) is 0 Å². The predicted octanol–water partition coefficient (Wildman–Crippen LogP) is -0.292.